The molecule has 0 saturated carbocycles. The number of nitrogens with zero attached hydrogens (tertiary/aromatic N) is 2. The molecule has 0 bridgehead atoms. The van der Waals surface area contributed by atoms with E-state index in [4.69, 9.17) is 10.00 Å². The van der Waals surface area contributed by atoms with Crippen molar-refractivity contribution in [1.29, 1.82) is 5.26 Å². The molecule has 1 saturated heterocycles. The Kier molecular flexibility index (Phi) is 3.53. The van der Waals surface area contributed by atoms with Crippen molar-refractivity contribution >= 4 is 0 Å². The van der Waals surface area contributed by atoms with Crippen LogP contribution in [0.4, 0.5) is 13.2 Å². The van der Waals surface area contributed by atoms with Crippen molar-refractivity contribution in [2.45, 2.75) is 37.6 Å². The first-order valence-electron chi connectivity index (χ1n) is 5.59. The first-order valence-corrected chi connectivity index (χ1v) is 5.59. The molecule has 0 unspecified atom stereocenters. The molecule has 3 nitrogen and oxygen atoms in total. The molecule has 0 radical (unpaired) electrons. The molecule has 6 heteroatoms. The van der Waals surface area contributed by atoms with E-state index in [0.29, 0.717) is 18.4 Å². The lowest BCUT2D eigenvalue weighted by Crippen LogP contribution is -2.21. The zero-order valence-electron chi connectivity index (χ0n) is 9.44. The van der Waals surface area contributed by atoms with Gasteiger partial charge in [0.25, 0.3) is 0 Å². The maximum Gasteiger partial charge on any atom is 0.433 e. The molecule has 1 aromatic rings. The standard InChI is InChI=1S/C12H11F3N2O/c13-12(14,15)11-5-4-8(7-17-11)10-3-1-2-9(6-16)18-10/h4-5,7,9-10H,1-3H2/t9-,10-/m1/s1. The molecule has 96 valence electrons. The van der Waals surface area contributed by atoms with Gasteiger partial charge in [-0.15, -0.1) is 0 Å². The highest BCUT2D eigenvalue weighted by molar-refractivity contribution is 5.19. The second-order valence-electron chi connectivity index (χ2n) is 4.15. The van der Waals surface area contributed by atoms with E-state index in [1.807, 2.05) is 6.07 Å². The Morgan fingerprint density at radius 3 is 2.67 bits per heavy atom. The molecular formula is C12H11F3N2O. The minimum atomic E-state index is -4.43. The van der Waals surface area contributed by atoms with Crippen LogP contribution in [0.15, 0.2) is 18.3 Å². The highest BCUT2D eigenvalue weighted by atomic mass is 19.4. The van der Waals surface area contributed by atoms with Crippen LogP contribution in [0.1, 0.15) is 36.6 Å². The van der Waals surface area contributed by atoms with Crippen molar-refractivity contribution in [3.05, 3.63) is 29.6 Å². The van der Waals surface area contributed by atoms with Crippen LogP contribution in [0.25, 0.3) is 0 Å². The Morgan fingerprint density at radius 2 is 2.11 bits per heavy atom. The van der Waals surface area contributed by atoms with Gasteiger partial charge in [0.2, 0.25) is 0 Å². The number of hydrogen-bond donors (Lipinski definition) is 0. The molecular weight excluding hydrogens is 245 g/mol. The Morgan fingerprint density at radius 1 is 1.33 bits per heavy atom. The summed E-state index contributed by atoms with van der Waals surface area (Å²) in [4.78, 5) is 3.39. The summed E-state index contributed by atoms with van der Waals surface area (Å²) in [5.74, 6) is 0. The molecule has 1 aliphatic heterocycles. The van der Waals surface area contributed by atoms with Crippen LogP contribution in [-0.2, 0) is 10.9 Å². The zero-order chi connectivity index (χ0) is 13.2. The highest BCUT2D eigenvalue weighted by Gasteiger charge is 2.32. The minimum Gasteiger partial charge on any atom is -0.355 e. The molecule has 0 spiro atoms. The van der Waals surface area contributed by atoms with Crippen molar-refractivity contribution in [3.8, 4) is 6.07 Å². The lowest BCUT2D eigenvalue weighted by Gasteiger charge is -2.26. The van der Waals surface area contributed by atoms with Gasteiger partial charge < -0.3 is 4.74 Å². The van der Waals surface area contributed by atoms with E-state index >= 15 is 0 Å². The Hall–Kier alpha value is -1.61. The predicted octanol–water partition coefficient (Wildman–Crippen LogP) is 3.23. The van der Waals surface area contributed by atoms with Crippen LogP contribution < -0.4 is 0 Å². The van der Waals surface area contributed by atoms with E-state index in [1.54, 1.807) is 0 Å². The highest BCUT2D eigenvalue weighted by Crippen LogP contribution is 2.32. The first kappa shape index (κ1) is 12.8. The SMILES string of the molecule is N#C[C@H]1CCC[C@H](c2ccc(C(F)(F)F)nc2)O1. The molecule has 2 heterocycles. The molecule has 0 aliphatic carbocycles. The predicted molar refractivity (Wildman–Crippen MR) is 56.3 cm³/mol. The number of nitriles is 1. The third-order valence-corrected chi connectivity index (χ3v) is 2.85. The summed E-state index contributed by atoms with van der Waals surface area (Å²) in [6, 6.07) is 4.32. The largest absolute Gasteiger partial charge is 0.433 e. The van der Waals surface area contributed by atoms with Gasteiger partial charge in [-0.05, 0) is 30.9 Å². The minimum absolute atomic E-state index is 0.335. The molecule has 0 N–H and O–H groups in total. The summed E-state index contributed by atoms with van der Waals surface area (Å²) in [5, 5.41) is 8.77. The molecule has 1 aromatic heterocycles. The summed E-state index contributed by atoms with van der Waals surface area (Å²) in [6.07, 6.45) is -1.88. The summed E-state index contributed by atoms with van der Waals surface area (Å²) >= 11 is 0. The van der Waals surface area contributed by atoms with Gasteiger partial charge in [0.05, 0.1) is 12.2 Å². The molecule has 1 aliphatic rings. The molecule has 2 rings (SSSR count). The fourth-order valence-corrected chi connectivity index (χ4v) is 1.93. The van der Waals surface area contributed by atoms with Gasteiger partial charge in [0.15, 0.2) is 0 Å². The fourth-order valence-electron chi connectivity index (χ4n) is 1.93. The van der Waals surface area contributed by atoms with Crippen LogP contribution in [0, 0.1) is 11.3 Å². The van der Waals surface area contributed by atoms with Gasteiger partial charge in [-0.2, -0.15) is 18.4 Å². The van der Waals surface area contributed by atoms with Crippen molar-refractivity contribution < 1.29 is 17.9 Å². The van der Waals surface area contributed by atoms with E-state index < -0.39 is 18.0 Å². The van der Waals surface area contributed by atoms with Gasteiger partial charge in [-0.25, -0.2) is 0 Å². The topological polar surface area (TPSA) is 45.9 Å². The molecule has 2 atom stereocenters. The first-order chi connectivity index (χ1) is 8.50. The quantitative estimate of drug-likeness (QED) is 0.774. The fraction of sp³-hybridized carbons (Fsp3) is 0.500. The van der Waals surface area contributed by atoms with Crippen molar-refractivity contribution in [2.24, 2.45) is 0 Å². The number of pyridine rings is 1. The van der Waals surface area contributed by atoms with E-state index in [2.05, 4.69) is 4.98 Å². The third kappa shape index (κ3) is 2.79. The molecule has 0 amide bonds. The van der Waals surface area contributed by atoms with Crippen LogP contribution in [0.5, 0.6) is 0 Å². The third-order valence-electron chi connectivity index (χ3n) is 2.85. The lowest BCUT2D eigenvalue weighted by molar-refractivity contribution is -0.141. The van der Waals surface area contributed by atoms with Gasteiger partial charge >= 0.3 is 6.18 Å². The lowest BCUT2D eigenvalue weighted by atomic mass is 10.00. The average molecular weight is 256 g/mol. The summed E-state index contributed by atoms with van der Waals surface area (Å²) in [6.45, 7) is 0. The van der Waals surface area contributed by atoms with E-state index in [1.165, 1.54) is 12.3 Å². The number of rotatable bonds is 1. The van der Waals surface area contributed by atoms with E-state index in [-0.39, 0.29) is 6.10 Å². The Bertz CT molecular complexity index is 450. The van der Waals surface area contributed by atoms with Gasteiger partial charge in [0.1, 0.15) is 11.8 Å². The number of halogens is 3. The summed E-state index contributed by atoms with van der Waals surface area (Å²) < 4.78 is 42.5. The van der Waals surface area contributed by atoms with E-state index in [9.17, 15) is 13.2 Å². The zero-order valence-corrected chi connectivity index (χ0v) is 9.44. The van der Waals surface area contributed by atoms with Crippen molar-refractivity contribution in [1.82, 2.24) is 4.98 Å². The monoisotopic (exact) mass is 256 g/mol. The number of hydrogen-bond acceptors (Lipinski definition) is 3. The van der Waals surface area contributed by atoms with Crippen LogP contribution in [-0.4, -0.2) is 11.1 Å². The molecule has 18 heavy (non-hydrogen) atoms. The second kappa shape index (κ2) is 4.94. The number of ether oxygens (including phenoxy) is 1. The average Bonchev–Trinajstić information content (AvgIpc) is 2.38. The van der Waals surface area contributed by atoms with Gasteiger partial charge in [-0.1, -0.05) is 6.07 Å². The maximum absolute atomic E-state index is 12.3. The van der Waals surface area contributed by atoms with Crippen LogP contribution in [0.3, 0.4) is 0 Å². The van der Waals surface area contributed by atoms with Crippen molar-refractivity contribution in [3.63, 3.8) is 0 Å². The van der Waals surface area contributed by atoms with Crippen LogP contribution >= 0.6 is 0 Å². The van der Waals surface area contributed by atoms with Gasteiger partial charge in [0, 0.05) is 6.20 Å². The Balaban J connectivity index is 2.12. The van der Waals surface area contributed by atoms with Gasteiger partial charge in [-0.3, -0.25) is 4.98 Å². The number of alkyl halides is 3. The molecule has 1 fully saturated rings. The van der Waals surface area contributed by atoms with E-state index in [0.717, 1.165) is 12.5 Å². The maximum atomic E-state index is 12.3. The normalized spacial score (nSPS) is 24.6. The second-order valence-corrected chi connectivity index (χ2v) is 4.15. The summed E-state index contributed by atoms with van der Waals surface area (Å²) in [7, 11) is 0. The molecule has 0 aromatic carbocycles. The van der Waals surface area contributed by atoms with Crippen LogP contribution in [0.2, 0.25) is 0 Å². The smallest absolute Gasteiger partial charge is 0.355 e. The van der Waals surface area contributed by atoms with Crippen molar-refractivity contribution in [2.75, 3.05) is 0 Å². The Labute approximate surface area is 102 Å². The summed E-state index contributed by atoms with van der Waals surface area (Å²) in [5.41, 5.74) is -0.332. The number of aromatic nitrogens is 1.